The maximum absolute atomic E-state index is 12.4. The van der Waals surface area contributed by atoms with E-state index >= 15 is 0 Å². The molecule has 0 unspecified atom stereocenters. The van der Waals surface area contributed by atoms with Crippen LogP contribution in [0, 0.1) is 0 Å². The van der Waals surface area contributed by atoms with Gasteiger partial charge in [0, 0.05) is 11.4 Å². The van der Waals surface area contributed by atoms with Crippen LogP contribution < -0.4 is 9.47 Å². The Morgan fingerprint density at radius 3 is 2.55 bits per heavy atom. The molecule has 33 heavy (non-hydrogen) atoms. The molecule has 0 saturated carbocycles. The average molecular weight is 482 g/mol. The van der Waals surface area contributed by atoms with E-state index in [1.165, 1.54) is 5.56 Å². The van der Waals surface area contributed by atoms with Crippen molar-refractivity contribution in [2.75, 3.05) is 13.2 Å². The number of ether oxygens (including phenoxy) is 3. The Balaban J connectivity index is 1.52. The van der Waals surface area contributed by atoms with Crippen molar-refractivity contribution in [2.45, 2.75) is 13.3 Å². The summed E-state index contributed by atoms with van der Waals surface area (Å²) in [6.45, 7) is 2.90. The number of halogens is 2. The SMILES string of the molecule is CCOc1cc(/C=C2\N=C(c3ccc(Cl)cc3Cl)OC2=O)ccc1OCCc1ccccc1. The summed E-state index contributed by atoms with van der Waals surface area (Å²) in [6, 6.07) is 20.5. The molecule has 0 atom stereocenters. The lowest BCUT2D eigenvalue weighted by Gasteiger charge is -2.12. The highest BCUT2D eigenvalue weighted by atomic mass is 35.5. The van der Waals surface area contributed by atoms with Gasteiger partial charge in [0.2, 0.25) is 5.90 Å². The van der Waals surface area contributed by atoms with Crippen LogP contribution in [-0.4, -0.2) is 25.1 Å². The fourth-order valence-electron chi connectivity index (χ4n) is 3.27. The fourth-order valence-corrected chi connectivity index (χ4v) is 3.76. The largest absolute Gasteiger partial charge is 0.490 e. The van der Waals surface area contributed by atoms with Gasteiger partial charge in [-0.3, -0.25) is 0 Å². The summed E-state index contributed by atoms with van der Waals surface area (Å²) in [5.41, 5.74) is 2.59. The highest BCUT2D eigenvalue weighted by molar-refractivity contribution is 6.37. The van der Waals surface area contributed by atoms with Gasteiger partial charge in [-0.2, -0.15) is 0 Å². The molecular formula is C26H21Cl2NO4. The van der Waals surface area contributed by atoms with Gasteiger partial charge >= 0.3 is 5.97 Å². The summed E-state index contributed by atoms with van der Waals surface area (Å²) < 4.78 is 17.0. The van der Waals surface area contributed by atoms with Crippen molar-refractivity contribution in [3.05, 3.63) is 99.2 Å². The normalized spacial score (nSPS) is 14.2. The number of nitrogens with zero attached hydrogens (tertiary/aromatic N) is 1. The monoisotopic (exact) mass is 481 g/mol. The van der Waals surface area contributed by atoms with E-state index in [1.54, 1.807) is 24.3 Å². The quantitative estimate of drug-likeness (QED) is 0.277. The molecule has 0 bridgehead atoms. The third-order valence-corrected chi connectivity index (χ3v) is 5.39. The van der Waals surface area contributed by atoms with Gasteiger partial charge in [-0.1, -0.05) is 59.6 Å². The predicted octanol–water partition coefficient (Wildman–Crippen LogP) is 6.36. The zero-order valence-electron chi connectivity index (χ0n) is 17.9. The Morgan fingerprint density at radius 1 is 0.970 bits per heavy atom. The van der Waals surface area contributed by atoms with E-state index in [1.807, 2.05) is 43.3 Å². The van der Waals surface area contributed by atoms with Gasteiger partial charge in [0.1, 0.15) is 0 Å². The maximum atomic E-state index is 12.4. The molecular weight excluding hydrogens is 461 g/mol. The highest BCUT2D eigenvalue weighted by Crippen LogP contribution is 2.31. The molecule has 0 radical (unpaired) electrons. The average Bonchev–Trinajstić information content (AvgIpc) is 3.16. The minimum Gasteiger partial charge on any atom is -0.490 e. The molecule has 0 fully saturated rings. The van der Waals surface area contributed by atoms with E-state index < -0.39 is 5.97 Å². The molecule has 0 N–H and O–H groups in total. The van der Waals surface area contributed by atoms with Crippen LogP contribution in [0.3, 0.4) is 0 Å². The van der Waals surface area contributed by atoms with Crippen LogP contribution in [0.4, 0.5) is 0 Å². The number of hydrogen-bond donors (Lipinski definition) is 0. The molecule has 0 amide bonds. The molecule has 5 nitrogen and oxygen atoms in total. The molecule has 0 aromatic heterocycles. The topological polar surface area (TPSA) is 57.1 Å². The first-order valence-electron chi connectivity index (χ1n) is 10.4. The lowest BCUT2D eigenvalue weighted by Crippen LogP contribution is -2.06. The Labute approximate surface area is 202 Å². The van der Waals surface area contributed by atoms with E-state index in [0.29, 0.717) is 40.3 Å². The van der Waals surface area contributed by atoms with Gasteiger partial charge in [-0.05, 0) is 54.5 Å². The number of benzene rings is 3. The first-order valence-corrected chi connectivity index (χ1v) is 11.2. The van der Waals surface area contributed by atoms with Crippen LogP contribution >= 0.6 is 23.2 Å². The lowest BCUT2D eigenvalue weighted by molar-refractivity contribution is -0.129. The molecule has 0 aliphatic carbocycles. The molecule has 4 rings (SSSR count). The molecule has 7 heteroatoms. The van der Waals surface area contributed by atoms with E-state index in [2.05, 4.69) is 17.1 Å². The summed E-state index contributed by atoms with van der Waals surface area (Å²) in [4.78, 5) is 16.7. The van der Waals surface area contributed by atoms with Crippen molar-refractivity contribution in [3.8, 4) is 11.5 Å². The van der Waals surface area contributed by atoms with Gasteiger partial charge in [-0.15, -0.1) is 0 Å². The second-order valence-electron chi connectivity index (χ2n) is 7.18. The van der Waals surface area contributed by atoms with Crippen molar-refractivity contribution in [1.82, 2.24) is 0 Å². The Bertz CT molecular complexity index is 1220. The Morgan fingerprint density at radius 2 is 1.79 bits per heavy atom. The van der Waals surface area contributed by atoms with E-state index in [4.69, 9.17) is 37.4 Å². The maximum Gasteiger partial charge on any atom is 0.363 e. The zero-order chi connectivity index (χ0) is 23.2. The zero-order valence-corrected chi connectivity index (χ0v) is 19.4. The number of aliphatic imine (C=N–C) groups is 1. The van der Waals surface area contributed by atoms with Crippen LogP contribution in [0.1, 0.15) is 23.6 Å². The minimum atomic E-state index is -0.558. The molecule has 3 aromatic carbocycles. The summed E-state index contributed by atoms with van der Waals surface area (Å²) in [7, 11) is 0. The Hall–Kier alpha value is -3.28. The van der Waals surface area contributed by atoms with Crippen molar-refractivity contribution in [3.63, 3.8) is 0 Å². The van der Waals surface area contributed by atoms with Crippen LogP contribution in [-0.2, 0) is 16.0 Å². The number of carbonyl (C=O) groups excluding carboxylic acids is 1. The number of esters is 1. The van der Waals surface area contributed by atoms with Gasteiger partial charge < -0.3 is 14.2 Å². The first kappa shape index (κ1) is 22.9. The second-order valence-corrected chi connectivity index (χ2v) is 8.03. The van der Waals surface area contributed by atoms with Gasteiger partial charge in [0.25, 0.3) is 0 Å². The summed E-state index contributed by atoms with van der Waals surface area (Å²) in [5.74, 6) is 0.813. The van der Waals surface area contributed by atoms with Crippen molar-refractivity contribution < 1.29 is 19.0 Å². The summed E-state index contributed by atoms with van der Waals surface area (Å²) in [5, 5.41) is 0.838. The first-order chi connectivity index (χ1) is 16.0. The number of rotatable bonds is 8. The highest BCUT2D eigenvalue weighted by Gasteiger charge is 2.25. The standard InChI is InChI=1S/C26H21Cl2NO4/c1-2-31-24-15-18(8-11-23(24)32-13-12-17-6-4-3-5-7-17)14-22-26(30)33-25(29-22)20-10-9-19(27)16-21(20)28/h3-11,14-16H,2,12-13H2,1H3/b22-14-. The Kier molecular flexibility index (Phi) is 7.33. The van der Waals surface area contributed by atoms with Gasteiger partial charge in [0.05, 0.1) is 23.8 Å². The molecule has 1 aliphatic rings. The third kappa shape index (κ3) is 5.75. The van der Waals surface area contributed by atoms with Crippen LogP contribution in [0.2, 0.25) is 10.0 Å². The van der Waals surface area contributed by atoms with Crippen molar-refractivity contribution in [1.29, 1.82) is 0 Å². The van der Waals surface area contributed by atoms with Crippen LogP contribution in [0.5, 0.6) is 11.5 Å². The van der Waals surface area contributed by atoms with Crippen molar-refractivity contribution in [2.24, 2.45) is 4.99 Å². The molecule has 0 saturated heterocycles. The van der Waals surface area contributed by atoms with E-state index in [-0.39, 0.29) is 11.6 Å². The molecule has 1 aliphatic heterocycles. The fraction of sp³-hybridized carbons (Fsp3) is 0.154. The molecule has 1 heterocycles. The van der Waals surface area contributed by atoms with Crippen LogP contribution in [0.25, 0.3) is 6.08 Å². The number of cyclic esters (lactones) is 1. The summed E-state index contributed by atoms with van der Waals surface area (Å²) in [6.07, 6.45) is 2.42. The van der Waals surface area contributed by atoms with E-state index in [0.717, 1.165) is 12.0 Å². The predicted molar refractivity (Wildman–Crippen MR) is 130 cm³/mol. The second kappa shape index (κ2) is 10.6. The number of carbonyl (C=O) groups is 1. The minimum absolute atomic E-state index is 0.138. The van der Waals surface area contributed by atoms with Crippen LogP contribution in [0.15, 0.2) is 77.4 Å². The number of hydrogen-bond acceptors (Lipinski definition) is 5. The molecule has 168 valence electrons. The van der Waals surface area contributed by atoms with Gasteiger partial charge in [0.15, 0.2) is 17.2 Å². The molecule has 3 aromatic rings. The third-order valence-electron chi connectivity index (χ3n) is 4.84. The van der Waals surface area contributed by atoms with Crippen molar-refractivity contribution >= 4 is 41.1 Å². The molecule has 0 spiro atoms. The summed E-state index contributed by atoms with van der Waals surface area (Å²) >= 11 is 12.2. The smallest absolute Gasteiger partial charge is 0.363 e. The van der Waals surface area contributed by atoms with Gasteiger partial charge in [-0.25, -0.2) is 9.79 Å². The van der Waals surface area contributed by atoms with E-state index in [9.17, 15) is 4.79 Å². The lowest BCUT2D eigenvalue weighted by atomic mass is 10.1.